The topological polar surface area (TPSA) is 235 Å². The number of likely N-dealkylation sites (N-methyl/N-ethyl adjacent to an activating group) is 1. The molecule has 0 heterocycles. The lowest BCUT2D eigenvalue weighted by Gasteiger charge is -2.35. The van der Waals surface area contributed by atoms with E-state index in [1.165, 1.54) is 14.0 Å². The van der Waals surface area contributed by atoms with Crippen molar-refractivity contribution in [1.82, 2.24) is 20.9 Å². The fraction of sp³-hybridized carbons (Fsp3) is 0.708. The maximum Gasteiger partial charge on any atom is 0.408 e. The molecule has 1 aliphatic rings. The lowest BCUT2D eigenvalue weighted by atomic mass is 9.84. The number of alkyl carbamates (subject to hydrolysis) is 1. The Labute approximate surface area is 226 Å². The lowest BCUT2D eigenvalue weighted by molar-refractivity contribution is -0.146. The predicted octanol–water partition coefficient (Wildman–Crippen LogP) is -0.679. The van der Waals surface area contributed by atoms with Crippen LogP contribution in [0.5, 0.6) is 0 Å². The molecule has 0 bridgehead atoms. The number of nitrogens with zero attached hydrogens (tertiary/aromatic N) is 1. The van der Waals surface area contributed by atoms with E-state index in [0.717, 1.165) is 4.90 Å². The third-order valence-corrected chi connectivity index (χ3v) is 6.00. The summed E-state index contributed by atoms with van der Waals surface area (Å²) in [5.41, 5.74) is 4.38. The van der Waals surface area contributed by atoms with Crippen molar-refractivity contribution in [2.75, 3.05) is 7.05 Å². The van der Waals surface area contributed by atoms with Crippen molar-refractivity contribution < 1.29 is 48.5 Å². The van der Waals surface area contributed by atoms with Crippen LogP contribution < -0.4 is 21.7 Å². The average molecular weight is 558 g/mol. The van der Waals surface area contributed by atoms with Crippen LogP contribution in [-0.2, 0) is 33.5 Å². The summed E-state index contributed by atoms with van der Waals surface area (Å²) in [4.78, 5) is 85.8. The molecule has 5 atom stereocenters. The number of carboxylic acid groups (broad SMARTS) is 2. The molecule has 0 aromatic carbocycles. The summed E-state index contributed by atoms with van der Waals surface area (Å²) in [6, 6.07) is -4.57. The molecule has 1 saturated carbocycles. The second kappa shape index (κ2) is 14.3. The second-order valence-electron chi connectivity index (χ2n) is 10.6. The molecular formula is C24H39N5O10. The predicted molar refractivity (Wildman–Crippen MR) is 135 cm³/mol. The first-order valence-electron chi connectivity index (χ1n) is 12.5. The third-order valence-electron chi connectivity index (χ3n) is 6.00. The molecule has 0 spiro atoms. The van der Waals surface area contributed by atoms with Gasteiger partial charge in [0.2, 0.25) is 23.6 Å². The Hall–Kier alpha value is -3.91. The van der Waals surface area contributed by atoms with Crippen molar-refractivity contribution in [1.29, 1.82) is 0 Å². The van der Waals surface area contributed by atoms with E-state index in [1.807, 2.05) is 0 Å². The first-order valence-corrected chi connectivity index (χ1v) is 12.5. The van der Waals surface area contributed by atoms with Gasteiger partial charge in [0.15, 0.2) is 0 Å². The van der Waals surface area contributed by atoms with Crippen LogP contribution in [0.1, 0.15) is 66.2 Å². The average Bonchev–Trinajstić information content (AvgIpc) is 2.79. The molecule has 15 nitrogen and oxygen atoms in total. The third kappa shape index (κ3) is 11.6. The quantitative estimate of drug-likeness (QED) is 0.177. The van der Waals surface area contributed by atoms with E-state index in [9.17, 15) is 38.7 Å². The van der Waals surface area contributed by atoms with Crippen molar-refractivity contribution >= 4 is 41.7 Å². The van der Waals surface area contributed by atoms with Gasteiger partial charge < -0.3 is 41.5 Å². The first kappa shape index (κ1) is 33.1. The fourth-order valence-electron chi connectivity index (χ4n) is 4.09. The Kier molecular flexibility index (Phi) is 12.1. The van der Waals surface area contributed by atoms with Gasteiger partial charge in [0.05, 0.1) is 12.8 Å². The van der Waals surface area contributed by atoms with Crippen LogP contribution in [0.2, 0.25) is 0 Å². The summed E-state index contributed by atoms with van der Waals surface area (Å²) >= 11 is 0. The molecule has 1 fully saturated rings. The Balaban J connectivity index is 2.93. The Morgan fingerprint density at radius 2 is 1.62 bits per heavy atom. The summed E-state index contributed by atoms with van der Waals surface area (Å²) in [5, 5.41) is 25.4. The zero-order chi connectivity index (χ0) is 30.1. The minimum Gasteiger partial charge on any atom is -0.481 e. The van der Waals surface area contributed by atoms with Crippen LogP contribution in [0.15, 0.2) is 0 Å². The van der Waals surface area contributed by atoms with Crippen LogP contribution in [0.25, 0.3) is 0 Å². The Morgan fingerprint density at radius 3 is 2.13 bits per heavy atom. The summed E-state index contributed by atoms with van der Waals surface area (Å²) in [7, 11) is 1.30. The number of ether oxygens (including phenoxy) is 1. The highest BCUT2D eigenvalue weighted by atomic mass is 16.6. The number of amides is 5. The van der Waals surface area contributed by atoms with Gasteiger partial charge in [-0.15, -0.1) is 0 Å². The van der Waals surface area contributed by atoms with Crippen LogP contribution in [0, 0.1) is 5.92 Å². The molecule has 1 rings (SSSR count). The van der Waals surface area contributed by atoms with Gasteiger partial charge in [0, 0.05) is 19.0 Å². The molecule has 1 aliphatic carbocycles. The van der Waals surface area contributed by atoms with E-state index >= 15 is 0 Å². The zero-order valence-electron chi connectivity index (χ0n) is 22.8. The van der Waals surface area contributed by atoms with E-state index in [4.69, 9.17) is 15.6 Å². The van der Waals surface area contributed by atoms with E-state index in [1.54, 1.807) is 20.8 Å². The summed E-state index contributed by atoms with van der Waals surface area (Å²) in [6.07, 6.45) is -0.619. The highest BCUT2D eigenvalue weighted by Gasteiger charge is 2.37. The lowest BCUT2D eigenvalue weighted by Crippen LogP contribution is -2.55. The summed E-state index contributed by atoms with van der Waals surface area (Å²) in [6.45, 7) is 6.06. The number of aliphatic carboxylic acids is 2. The molecular weight excluding hydrogens is 518 g/mol. The molecule has 7 N–H and O–H groups in total. The van der Waals surface area contributed by atoms with Crippen LogP contribution in [0.4, 0.5) is 4.79 Å². The van der Waals surface area contributed by atoms with Gasteiger partial charge in [-0.25, -0.2) is 4.79 Å². The maximum absolute atomic E-state index is 13.2. The molecule has 0 aliphatic heterocycles. The van der Waals surface area contributed by atoms with Crippen LogP contribution >= 0.6 is 0 Å². The van der Waals surface area contributed by atoms with Crippen molar-refractivity contribution in [3.05, 3.63) is 0 Å². The molecule has 39 heavy (non-hydrogen) atoms. The van der Waals surface area contributed by atoms with Gasteiger partial charge in [-0.1, -0.05) is 6.42 Å². The van der Waals surface area contributed by atoms with Gasteiger partial charge in [-0.05, 0) is 47.0 Å². The van der Waals surface area contributed by atoms with Gasteiger partial charge in [0.25, 0.3) is 0 Å². The van der Waals surface area contributed by atoms with Gasteiger partial charge in [-0.2, -0.15) is 0 Å². The number of primary amides is 1. The van der Waals surface area contributed by atoms with Crippen molar-refractivity contribution in [3.63, 3.8) is 0 Å². The zero-order valence-corrected chi connectivity index (χ0v) is 22.8. The monoisotopic (exact) mass is 557 g/mol. The fourth-order valence-corrected chi connectivity index (χ4v) is 4.09. The minimum absolute atomic E-state index is 0.150. The first-order chi connectivity index (χ1) is 17.9. The second-order valence-corrected chi connectivity index (χ2v) is 10.6. The molecule has 0 radical (unpaired) electrons. The number of carboxylic acids is 2. The normalized spacial score (nSPS) is 19.4. The molecule has 0 aromatic heterocycles. The summed E-state index contributed by atoms with van der Waals surface area (Å²) < 4.78 is 5.10. The highest BCUT2D eigenvalue weighted by Crippen LogP contribution is 2.27. The standard InChI is InChI=1S/C24H39N5O10/c1-12(22(36)37)26-20(34)16(11-17(25)30)29(5)21(35)13-7-6-8-14(9-13)27-19(33)15(10-18(31)32)28-23(38)39-24(2,3)4/h12-16H,6-11H2,1-5H3,(H2,25,30)(H,26,34)(H,27,33)(H,28,38)(H,31,32)(H,36,37)/t12-,13-,14+,15-,16-/m0/s1. The maximum atomic E-state index is 13.2. The largest absolute Gasteiger partial charge is 0.481 e. The number of hydrogen-bond acceptors (Lipinski definition) is 8. The molecule has 5 amide bonds. The minimum atomic E-state index is -1.42. The van der Waals surface area contributed by atoms with Crippen molar-refractivity contribution in [2.24, 2.45) is 11.7 Å². The SMILES string of the molecule is C[C@H](NC(=O)[C@H](CC(N)=O)N(C)C(=O)[C@H]1CCC[C@@H](NC(=O)[C@H](CC(=O)O)NC(=O)OC(C)(C)C)C1)C(=O)O. The van der Waals surface area contributed by atoms with Crippen molar-refractivity contribution in [3.8, 4) is 0 Å². The molecule has 0 saturated heterocycles. The van der Waals surface area contributed by atoms with Gasteiger partial charge >= 0.3 is 18.0 Å². The number of hydrogen-bond donors (Lipinski definition) is 6. The van der Waals surface area contributed by atoms with Gasteiger partial charge in [-0.3, -0.25) is 28.8 Å². The van der Waals surface area contributed by atoms with Crippen LogP contribution in [-0.4, -0.2) is 93.6 Å². The van der Waals surface area contributed by atoms with E-state index < -0.39 is 90.2 Å². The highest BCUT2D eigenvalue weighted by molar-refractivity contribution is 5.94. The van der Waals surface area contributed by atoms with Gasteiger partial charge in [0.1, 0.15) is 23.7 Å². The molecule has 15 heteroatoms. The number of carbonyl (C=O) groups excluding carboxylic acids is 5. The molecule has 0 aromatic rings. The number of carbonyl (C=O) groups is 7. The van der Waals surface area contributed by atoms with E-state index in [0.29, 0.717) is 19.3 Å². The van der Waals surface area contributed by atoms with Crippen LogP contribution in [0.3, 0.4) is 0 Å². The Bertz CT molecular complexity index is 963. The number of nitrogens with two attached hydrogens (primary N) is 1. The molecule has 0 unspecified atom stereocenters. The smallest absolute Gasteiger partial charge is 0.408 e. The number of nitrogens with one attached hydrogen (secondary N) is 3. The van der Waals surface area contributed by atoms with E-state index in [-0.39, 0.29) is 6.42 Å². The Morgan fingerprint density at radius 1 is 1.00 bits per heavy atom. The van der Waals surface area contributed by atoms with Crippen molar-refractivity contribution in [2.45, 2.75) is 96.0 Å². The number of rotatable bonds is 12. The molecule has 220 valence electrons. The summed E-state index contributed by atoms with van der Waals surface area (Å²) in [5.74, 6) is -6.27. The van der Waals surface area contributed by atoms with E-state index in [2.05, 4.69) is 16.0 Å².